The average Bonchev–Trinajstić information content (AvgIpc) is 2.38. The largest absolute Gasteiger partial charge is 0.320 e. The predicted molar refractivity (Wildman–Crippen MR) is 93.6 cm³/mol. The predicted octanol–water partition coefficient (Wildman–Crippen LogP) is 3.55. The minimum absolute atomic E-state index is 0.619. The van der Waals surface area contributed by atoms with Crippen molar-refractivity contribution in [3.8, 4) is 0 Å². The average molecular weight is 288 g/mol. The van der Waals surface area contributed by atoms with E-state index in [0.717, 1.165) is 13.1 Å². The Hall–Kier alpha value is -0.120. The zero-order chi connectivity index (χ0) is 15.6. The molecule has 124 valence electrons. The first-order valence-electron chi connectivity index (χ1n) is 8.65. The number of rotatable bonds is 12. The summed E-state index contributed by atoms with van der Waals surface area (Å²) in [5.41, 5.74) is 0. The quantitative estimate of drug-likeness (QED) is 0.480. The molecule has 0 amide bonds. The first-order valence-corrected chi connectivity index (χ1v) is 8.65. The Kier molecular flexibility index (Phi) is 20.9. The third-order valence-electron chi connectivity index (χ3n) is 2.99. The van der Waals surface area contributed by atoms with E-state index in [1.54, 1.807) is 0 Å². The van der Waals surface area contributed by atoms with E-state index in [0.29, 0.717) is 12.1 Å². The van der Waals surface area contributed by atoms with Crippen molar-refractivity contribution in [2.24, 2.45) is 0 Å². The van der Waals surface area contributed by atoms with Crippen molar-refractivity contribution in [1.29, 1.82) is 0 Å². The molecule has 0 saturated heterocycles. The summed E-state index contributed by atoms with van der Waals surface area (Å²) in [5.74, 6) is 0. The van der Waals surface area contributed by atoms with E-state index in [2.05, 4.69) is 50.6 Å². The smallest absolute Gasteiger partial charge is 0.00103 e. The van der Waals surface area contributed by atoms with Gasteiger partial charge in [0.05, 0.1) is 0 Å². The van der Waals surface area contributed by atoms with Gasteiger partial charge in [-0.1, -0.05) is 60.3 Å². The zero-order valence-corrected chi connectivity index (χ0v) is 15.0. The van der Waals surface area contributed by atoms with Crippen LogP contribution in [0.1, 0.15) is 73.1 Å². The monoisotopic (exact) mass is 287 g/mol. The fourth-order valence-corrected chi connectivity index (χ4v) is 1.78. The van der Waals surface area contributed by atoms with Crippen LogP contribution in [-0.2, 0) is 0 Å². The molecule has 20 heavy (non-hydrogen) atoms. The fourth-order valence-electron chi connectivity index (χ4n) is 1.78. The van der Waals surface area contributed by atoms with E-state index >= 15 is 0 Å². The molecule has 0 aromatic heterocycles. The fraction of sp³-hybridized carbons (Fsp3) is 1.00. The van der Waals surface area contributed by atoms with Crippen molar-refractivity contribution in [2.45, 2.75) is 85.2 Å². The Bertz CT molecular complexity index is 142. The van der Waals surface area contributed by atoms with Crippen LogP contribution in [0.15, 0.2) is 0 Å². The van der Waals surface area contributed by atoms with Gasteiger partial charge in [0.2, 0.25) is 0 Å². The van der Waals surface area contributed by atoms with Crippen molar-refractivity contribution in [3.63, 3.8) is 0 Å². The van der Waals surface area contributed by atoms with Crippen molar-refractivity contribution < 1.29 is 0 Å². The van der Waals surface area contributed by atoms with Gasteiger partial charge in [-0.3, -0.25) is 0 Å². The van der Waals surface area contributed by atoms with Crippen LogP contribution in [0.2, 0.25) is 0 Å². The van der Waals surface area contributed by atoms with Crippen molar-refractivity contribution >= 4 is 0 Å². The first kappa shape index (κ1) is 22.2. The minimum atomic E-state index is 0.619. The molecule has 0 rings (SSSR count). The molecular formula is C17H41N3. The maximum atomic E-state index is 3.38. The highest BCUT2D eigenvalue weighted by molar-refractivity contribution is 4.56. The molecule has 0 unspecified atom stereocenters. The van der Waals surface area contributed by atoms with E-state index in [4.69, 9.17) is 0 Å². The highest BCUT2D eigenvalue weighted by Crippen LogP contribution is 2.00. The summed E-state index contributed by atoms with van der Waals surface area (Å²) in [7, 11) is 2.01. The lowest BCUT2D eigenvalue weighted by Gasteiger charge is -2.09. The third-order valence-corrected chi connectivity index (χ3v) is 2.99. The first-order chi connectivity index (χ1) is 9.54. The van der Waals surface area contributed by atoms with Crippen molar-refractivity contribution in [2.75, 3.05) is 26.7 Å². The van der Waals surface area contributed by atoms with Gasteiger partial charge < -0.3 is 16.0 Å². The molecule has 0 spiro atoms. The van der Waals surface area contributed by atoms with Crippen molar-refractivity contribution in [1.82, 2.24) is 16.0 Å². The van der Waals surface area contributed by atoms with Gasteiger partial charge in [-0.25, -0.2) is 0 Å². The summed E-state index contributed by atoms with van der Waals surface area (Å²) in [6, 6.07) is 1.24. The Morgan fingerprint density at radius 2 is 1.15 bits per heavy atom. The molecule has 3 N–H and O–H groups in total. The van der Waals surface area contributed by atoms with Gasteiger partial charge >= 0.3 is 0 Å². The molecule has 0 aromatic carbocycles. The van der Waals surface area contributed by atoms with Gasteiger partial charge in [0.1, 0.15) is 0 Å². The van der Waals surface area contributed by atoms with Gasteiger partial charge in [0.25, 0.3) is 0 Å². The Labute approximate surface area is 128 Å². The van der Waals surface area contributed by atoms with Crippen LogP contribution < -0.4 is 16.0 Å². The van der Waals surface area contributed by atoms with Gasteiger partial charge in [-0.2, -0.15) is 0 Å². The SMILES string of the molecule is CC(C)NCCCNC(C)C.CCCCCCCNC. The second-order valence-corrected chi connectivity index (χ2v) is 6.09. The number of hydrogen-bond donors (Lipinski definition) is 3. The van der Waals surface area contributed by atoms with Crippen LogP contribution in [0.25, 0.3) is 0 Å². The molecule has 0 saturated carbocycles. The van der Waals surface area contributed by atoms with Crippen molar-refractivity contribution in [3.05, 3.63) is 0 Å². The van der Waals surface area contributed by atoms with Gasteiger partial charge in [0, 0.05) is 12.1 Å². The summed E-state index contributed by atoms with van der Waals surface area (Å²) in [5, 5.41) is 9.90. The second kappa shape index (κ2) is 18.9. The molecular weight excluding hydrogens is 246 g/mol. The van der Waals surface area contributed by atoms with E-state index < -0.39 is 0 Å². The Morgan fingerprint density at radius 1 is 0.650 bits per heavy atom. The Morgan fingerprint density at radius 3 is 1.55 bits per heavy atom. The van der Waals surface area contributed by atoms with Crippen LogP contribution in [0, 0.1) is 0 Å². The molecule has 0 fully saturated rings. The van der Waals surface area contributed by atoms with Gasteiger partial charge in [0.15, 0.2) is 0 Å². The lowest BCUT2D eigenvalue weighted by molar-refractivity contribution is 0.523. The molecule has 0 aromatic rings. The maximum absolute atomic E-state index is 3.38. The van der Waals surface area contributed by atoms with E-state index in [9.17, 15) is 0 Å². The number of unbranched alkanes of at least 4 members (excludes halogenated alkanes) is 4. The Balaban J connectivity index is 0. The van der Waals surface area contributed by atoms with E-state index in [1.807, 2.05) is 7.05 Å². The van der Waals surface area contributed by atoms with Gasteiger partial charge in [-0.05, 0) is 39.5 Å². The highest BCUT2D eigenvalue weighted by atomic mass is 14.9. The van der Waals surface area contributed by atoms with E-state index in [1.165, 1.54) is 45.1 Å². The highest BCUT2D eigenvalue weighted by Gasteiger charge is 1.93. The molecule has 0 aliphatic heterocycles. The van der Waals surface area contributed by atoms with Crippen LogP contribution in [-0.4, -0.2) is 38.8 Å². The number of hydrogen-bond acceptors (Lipinski definition) is 3. The van der Waals surface area contributed by atoms with Gasteiger partial charge in [-0.15, -0.1) is 0 Å². The van der Waals surface area contributed by atoms with Crippen LogP contribution in [0.3, 0.4) is 0 Å². The summed E-state index contributed by atoms with van der Waals surface area (Å²) < 4.78 is 0. The summed E-state index contributed by atoms with van der Waals surface area (Å²) >= 11 is 0. The van der Waals surface area contributed by atoms with E-state index in [-0.39, 0.29) is 0 Å². The molecule has 0 aliphatic carbocycles. The topological polar surface area (TPSA) is 36.1 Å². The lowest BCUT2D eigenvalue weighted by Crippen LogP contribution is -2.29. The second-order valence-electron chi connectivity index (χ2n) is 6.09. The molecule has 0 aliphatic rings. The summed E-state index contributed by atoms with van der Waals surface area (Å²) in [6.45, 7) is 14.4. The summed E-state index contributed by atoms with van der Waals surface area (Å²) in [6.07, 6.45) is 8.13. The number of nitrogens with one attached hydrogen (secondary N) is 3. The normalized spacial score (nSPS) is 10.8. The molecule has 3 heteroatoms. The van der Waals surface area contributed by atoms with Crippen LogP contribution >= 0.6 is 0 Å². The molecule has 3 nitrogen and oxygen atoms in total. The minimum Gasteiger partial charge on any atom is -0.320 e. The molecule has 0 radical (unpaired) electrons. The lowest BCUT2D eigenvalue weighted by atomic mass is 10.1. The molecule has 0 atom stereocenters. The third kappa shape index (κ3) is 26.4. The molecule has 0 bridgehead atoms. The zero-order valence-electron chi connectivity index (χ0n) is 15.0. The maximum Gasteiger partial charge on any atom is 0.00103 e. The van der Waals surface area contributed by atoms with Crippen LogP contribution in [0.5, 0.6) is 0 Å². The standard InChI is InChI=1S/C9H22N2.C8H19N/c1-8(2)10-6-5-7-11-9(3)4;1-3-4-5-6-7-8-9-2/h8-11H,5-7H2,1-4H3;9H,3-8H2,1-2H3. The summed E-state index contributed by atoms with van der Waals surface area (Å²) in [4.78, 5) is 0. The molecule has 0 heterocycles. The van der Waals surface area contributed by atoms with Crippen LogP contribution in [0.4, 0.5) is 0 Å².